The van der Waals surface area contributed by atoms with Crippen LogP contribution in [0.1, 0.15) is 69.3 Å². The number of aromatic nitrogens is 2. The standard InChI is InChI=1S/C13H19BrN2O/c1-3-8(2)12-15-11(9-6-4-5-7-9)10(14)13(17)16-12/h8-9H,3-7H2,1-2H3,(H,15,16,17). The van der Waals surface area contributed by atoms with Crippen molar-refractivity contribution in [2.75, 3.05) is 0 Å². The molecular formula is C13H19BrN2O. The number of rotatable bonds is 3. The number of hydrogen-bond acceptors (Lipinski definition) is 2. The molecule has 0 spiro atoms. The van der Waals surface area contributed by atoms with Crippen LogP contribution in [0.15, 0.2) is 9.27 Å². The number of hydrogen-bond donors (Lipinski definition) is 1. The molecule has 2 rings (SSSR count). The third-order valence-corrected chi connectivity index (χ3v) is 4.49. The Morgan fingerprint density at radius 3 is 2.71 bits per heavy atom. The van der Waals surface area contributed by atoms with Gasteiger partial charge in [0.05, 0.1) is 5.69 Å². The first kappa shape index (κ1) is 12.8. The van der Waals surface area contributed by atoms with E-state index in [1.165, 1.54) is 12.8 Å². The Kier molecular flexibility index (Phi) is 4.02. The van der Waals surface area contributed by atoms with Gasteiger partial charge in [-0.05, 0) is 35.2 Å². The monoisotopic (exact) mass is 298 g/mol. The molecule has 0 radical (unpaired) electrons. The predicted molar refractivity (Wildman–Crippen MR) is 72.5 cm³/mol. The second-order valence-electron chi connectivity index (χ2n) is 4.94. The highest BCUT2D eigenvalue weighted by Gasteiger charge is 2.23. The Hall–Kier alpha value is -0.640. The van der Waals surface area contributed by atoms with Crippen LogP contribution in [-0.4, -0.2) is 9.97 Å². The number of aromatic amines is 1. The van der Waals surface area contributed by atoms with E-state index in [1.54, 1.807) is 0 Å². The number of nitrogens with one attached hydrogen (secondary N) is 1. The summed E-state index contributed by atoms with van der Waals surface area (Å²) in [6.45, 7) is 4.21. The maximum atomic E-state index is 11.9. The molecular weight excluding hydrogens is 280 g/mol. The lowest BCUT2D eigenvalue weighted by Crippen LogP contribution is -2.18. The van der Waals surface area contributed by atoms with Crippen LogP contribution in [0.25, 0.3) is 0 Å². The second kappa shape index (κ2) is 5.34. The van der Waals surface area contributed by atoms with Crippen LogP contribution >= 0.6 is 15.9 Å². The minimum atomic E-state index is -0.0304. The molecule has 1 aliphatic carbocycles. The predicted octanol–water partition coefficient (Wildman–Crippen LogP) is 3.70. The Morgan fingerprint density at radius 2 is 2.12 bits per heavy atom. The molecule has 1 aromatic rings. The van der Waals surface area contributed by atoms with Crippen molar-refractivity contribution >= 4 is 15.9 Å². The van der Waals surface area contributed by atoms with Crippen molar-refractivity contribution < 1.29 is 0 Å². The van der Waals surface area contributed by atoms with Gasteiger partial charge in [0.2, 0.25) is 0 Å². The van der Waals surface area contributed by atoms with Crippen molar-refractivity contribution in [3.8, 4) is 0 Å². The summed E-state index contributed by atoms with van der Waals surface area (Å²) in [5.41, 5.74) is 0.943. The van der Waals surface area contributed by atoms with E-state index in [4.69, 9.17) is 0 Å². The van der Waals surface area contributed by atoms with E-state index in [-0.39, 0.29) is 5.56 Å². The Labute approximate surface area is 110 Å². The topological polar surface area (TPSA) is 45.8 Å². The fourth-order valence-corrected chi connectivity index (χ4v) is 2.90. The van der Waals surface area contributed by atoms with Crippen LogP contribution in [0.3, 0.4) is 0 Å². The van der Waals surface area contributed by atoms with Crippen molar-refractivity contribution in [1.82, 2.24) is 9.97 Å². The van der Waals surface area contributed by atoms with Crippen LogP contribution < -0.4 is 5.56 Å². The third-order valence-electron chi connectivity index (χ3n) is 3.73. The van der Waals surface area contributed by atoms with Crippen LogP contribution in [-0.2, 0) is 0 Å². The third kappa shape index (κ3) is 2.62. The maximum absolute atomic E-state index is 11.9. The fourth-order valence-electron chi connectivity index (χ4n) is 2.39. The summed E-state index contributed by atoms with van der Waals surface area (Å²) in [5.74, 6) is 1.62. The lowest BCUT2D eigenvalue weighted by molar-refractivity contribution is 0.631. The van der Waals surface area contributed by atoms with Gasteiger partial charge in [0.25, 0.3) is 5.56 Å². The zero-order chi connectivity index (χ0) is 12.4. The molecule has 1 N–H and O–H groups in total. The number of nitrogens with zero attached hydrogens (tertiary/aromatic N) is 1. The quantitative estimate of drug-likeness (QED) is 0.925. The highest BCUT2D eigenvalue weighted by Crippen LogP contribution is 2.35. The van der Waals surface area contributed by atoms with Gasteiger partial charge in [-0.25, -0.2) is 4.98 Å². The average molecular weight is 299 g/mol. The molecule has 1 aliphatic rings. The first-order valence-electron chi connectivity index (χ1n) is 6.43. The van der Waals surface area contributed by atoms with E-state index in [2.05, 4.69) is 39.7 Å². The van der Waals surface area contributed by atoms with Crippen molar-refractivity contribution in [1.29, 1.82) is 0 Å². The zero-order valence-corrected chi connectivity index (χ0v) is 12.0. The molecule has 0 amide bonds. The first-order chi connectivity index (χ1) is 8.13. The molecule has 0 saturated heterocycles. The number of H-pyrrole nitrogens is 1. The SMILES string of the molecule is CCC(C)c1nc(C2CCCC2)c(Br)c(=O)[nH]1. The minimum Gasteiger partial charge on any atom is -0.309 e. The van der Waals surface area contributed by atoms with Gasteiger partial charge in [-0.1, -0.05) is 26.7 Å². The fraction of sp³-hybridized carbons (Fsp3) is 0.692. The molecule has 1 heterocycles. The van der Waals surface area contributed by atoms with Crippen LogP contribution in [0.5, 0.6) is 0 Å². The molecule has 1 atom stereocenters. The Morgan fingerprint density at radius 1 is 1.47 bits per heavy atom. The van der Waals surface area contributed by atoms with Crippen LogP contribution in [0.2, 0.25) is 0 Å². The van der Waals surface area contributed by atoms with Crippen molar-refractivity contribution in [2.24, 2.45) is 0 Å². The van der Waals surface area contributed by atoms with Crippen LogP contribution in [0.4, 0.5) is 0 Å². The molecule has 94 valence electrons. The maximum Gasteiger partial charge on any atom is 0.265 e. The molecule has 0 bridgehead atoms. The summed E-state index contributed by atoms with van der Waals surface area (Å²) in [6, 6.07) is 0. The largest absolute Gasteiger partial charge is 0.309 e. The van der Waals surface area contributed by atoms with Crippen molar-refractivity contribution in [2.45, 2.75) is 57.8 Å². The van der Waals surface area contributed by atoms with Crippen molar-refractivity contribution in [3.63, 3.8) is 0 Å². The van der Waals surface area contributed by atoms with Gasteiger partial charge in [0, 0.05) is 11.8 Å². The highest BCUT2D eigenvalue weighted by atomic mass is 79.9. The molecule has 17 heavy (non-hydrogen) atoms. The Balaban J connectivity index is 2.42. The van der Waals surface area contributed by atoms with E-state index in [9.17, 15) is 4.79 Å². The smallest absolute Gasteiger partial charge is 0.265 e. The van der Waals surface area contributed by atoms with E-state index < -0.39 is 0 Å². The van der Waals surface area contributed by atoms with Gasteiger partial charge in [0.15, 0.2) is 0 Å². The van der Waals surface area contributed by atoms with Crippen LogP contribution in [0, 0.1) is 0 Å². The van der Waals surface area contributed by atoms with Gasteiger partial charge in [-0.3, -0.25) is 4.79 Å². The zero-order valence-electron chi connectivity index (χ0n) is 10.4. The van der Waals surface area contributed by atoms with Gasteiger partial charge >= 0.3 is 0 Å². The lowest BCUT2D eigenvalue weighted by atomic mass is 10.0. The molecule has 3 nitrogen and oxygen atoms in total. The van der Waals surface area contributed by atoms with Gasteiger partial charge in [0.1, 0.15) is 10.3 Å². The second-order valence-corrected chi connectivity index (χ2v) is 5.73. The molecule has 1 fully saturated rings. The van der Waals surface area contributed by atoms with E-state index in [0.717, 1.165) is 30.8 Å². The first-order valence-corrected chi connectivity index (χ1v) is 7.22. The lowest BCUT2D eigenvalue weighted by Gasteiger charge is -2.14. The van der Waals surface area contributed by atoms with E-state index in [1.807, 2.05) is 0 Å². The Bertz CT molecular complexity index is 449. The summed E-state index contributed by atoms with van der Waals surface area (Å²) >= 11 is 3.39. The molecule has 1 saturated carbocycles. The molecule has 1 unspecified atom stereocenters. The minimum absolute atomic E-state index is 0.0304. The van der Waals surface area contributed by atoms with Crippen molar-refractivity contribution in [3.05, 3.63) is 26.3 Å². The average Bonchev–Trinajstić information content (AvgIpc) is 2.85. The van der Waals surface area contributed by atoms with E-state index in [0.29, 0.717) is 16.3 Å². The normalized spacial score (nSPS) is 18.5. The van der Waals surface area contributed by atoms with Gasteiger partial charge < -0.3 is 4.98 Å². The van der Waals surface area contributed by atoms with E-state index >= 15 is 0 Å². The molecule has 4 heteroatoms. The van der Waals surface area contributed by atoms with Gasteiger partial charge in [-0.15, -0.1) is 0 Å². The summed E-state index contributed by atoms with van der Waals surface area (Å²) in [6.07, 6.45) is 5.83. The highest BCUT2D eigenvalue weighted by molar-refractivity contribution is 9.10. The summed E-state index contributed by atoms with van der Waals surface area (Å²) in [7, 11) is 0. The summed E-state index contributed by atoms with van der Waals surface area (Å²) in [4.78, 5) is 19.5. The summed E-state index contributed by atoms with van der Waals surface area (Å²) in [5, 5.41) is 0. The van der Waals surface area contributed by atoms with Gasteiger partial charge in [-0.2, -0.15) is 0 Å². The molecule has 0 aliphatic heterocycles. The molecule has 0 aromatic carbocycles. The summed E-state index contributed by atoms with van der Waals surface area (Å²) < 4.78 is 0.636. The number of halogens is 1. The molecule has 1 aromatic heterocycles.